The fourth-order valence-electron chi connectivity index (χ4n) is 10.5. The van der Waals surface area contributed by atoms with E-state index in [0.29, 0.717) is 47.4 Å². The van der Waals surface area contributed by atoms with Crippen LogP contribution in [0.2, 0.25) is 30.1 Å². The van der Waals surface area contributed by atoms with Crippen LogP contribution in [0.25, 0.3) is 5.69 Å². The monoisotopic (exact) mass is 1270 g/mol. The third-order valence-corrected chi connectivity index (χ3v) is 17.0. The Balaban J connectivity index is 0. The van der Waals surface area contributed by atoms with Gasteiger partial charge in [0, 0.05) is 63.1 Å². The third-order valence-electron chi connectivity index (χ3n) is 15.1. The second kappa shape index (κ2) is 29.9. The highest BCUT2D eigenvalue weighted by molar-refractivity contribution is 6.66. The summed E-state index contributed by atoms with van der Waals surface area (Å²) in [6, 6.07) is 14.7. The average molecular weight is 1270 g/mol. The fraction of sp³-hybridized carbons (Fsp3) is 0.569. The van der Waals surface area contributed by atoms with Gasteiger partial charge < -0.3 is 19.5 Å². The molecule has 81 heavy (non-hydrogen) atoms. The number of hydrogen-bond donors (Lipinski definition) is 4. The zero-order valence-corrected chi connectivity index (χ0v) is 50.9. The molecule has 2 amide bonds. The molecule has 1 aromatic heterocycles. The maximum absolute atomic E-state index is 13.2. The molecule has 8 rings (SSSR count). The number of hydrogen-bond acceptors (Lipinski definition) is 11. The number of halogens is 7. The number of carbonyl (C=O) groups excluding carboxylic acids is 4. The molecule has 0 aliphatic heterocycles. The summed E-state index contributed by atoms with van der Waals surface area (Å²) in [7, 11) is 3.37. The van der Waals surface area contributed by atoms with Crippen LogP contribution in [-0.2, 0) is 31.5 Å². The highest BCUT2D eigenvalue weighted by Gasteiger charge is 2.67. The molecule has 4 bridgehead atoms. The van der Waals surface area contributed by atoms with Gasteiger partial charge >= 0.3 is 19.3 Å². The molecule has 5 N–H and O–H groups in total. The summed E-state index contributed by atoms with van der Waals surface area (Å²) in [5, 5.41) is 22.0. The van der Waals surface area contributed by atoms with Crippen LogP contribution in [0.15, 0.2) is 59.4 Å². The standard InChI is InChI=1S/C18H20Cl2N2O.C12H16Cl2N2O2.C11H15ClO2.C6H5BCl2O2.C6H14N2O2.5CH4/c1-17(2)11-7-8-18(17,3)15-14(11)16(23)22(21(15)4)13-9-10(19)5-6-12(13)20;1-12(2,3)18-11(17)16(4)15-10-7-8(13)5-6-9(10)14;1-10(2)6-4-5-11(10,3)8(13)7(6)9(12)14;8-4-1-2-6(9)5(3-4)7(10)11;1-6(2,3)10-5(9)8(4)7;;;;;/h5-6,9,11H,7-8H2,1-4H3;5-7,15H,1-4H3;6-7H,4-5H2,1-3H3;1-3,10-11H;7H2,1-4H3;5*1H4/t11-,18+;;6-,7?,11+;;;;;;;/m0.0......./s1. The van der Waals surface area contributed by atoms with Crippen molar-refractivity contribution in [3.63, 3.8) is 0 Å². The van der Waals surface area contributed by atoms with Gasteiger partial charge in [0.2, 0.25) is 5.24 Å². The van der Waals surface area contributed by atoms with Crippen LogP contribution in [0, 0.1) is 28.1 Å². The summed E-state index contributed by atoms with van der Waals surface area (Å²) in [4.78, 5) is 58.9. The normalized spacial score (nSPS) is 20.6. The van der Waals surface area contributed by atoms with Crippen molar-refractivity contribution < 1.29 is 38.7 Å². The van der Waals surface area contributed by atoms with Gasteiger partial charge in [-0.25, -0.2) is 30.1 Å². The molecule has 4 aliphatic carbocycles. The zero-order valence-electron chi connectivity index (χ0n) is 45.6. The van der Waals surface area contributed by atoms with Crippen molar-refractivity contribution in [3.8, 4) is 5.69 Å². The summed E-state index contributed by atoms with van der Waals surface area (Å²) < 4.78 is 13.7. The quantitative estimate of drug-likeness (QED) is 0.0370. The third kappa shape index (κ3) is 17.5. The first-order valence-corrected chi connectivity index (χ1v) is 27.0. The lowest BCUT2D eigenvalue weighted by Gasteiger charge is -2.36. The van der Waals surface area contributed by atoms with Crippen LogP contribution in [0.1, 0.15) is 163 Å². The largest absolute Gasteiger partial charge is 0.490 e. The number of Topliss-reactive ketones (excluding diaryl/α,β-unsaturated/α-hetero) is 1. The van der Waals surface area contributed by atoms with Gasteiger partial charge in [0.05, 0.1) is 33.0 Å². The molecular formula is C58H90BCl7N6O9. The number of nitrogens with one attached hydrogen (secondary N) is 1. The molecular weight excluding hydrogens is 1180 g/mol. The summed E-state index contributed by atoms with van der Waals surface area (Å²) >= 11 is 41.0. The minimum absolute atomic E-state index is 0. The smallest absolute Gasteiger partial charge is 0.443 e. The van der Waals surface area contributed by atoms with E-state index in [1.807, 2.05) is 18.7 Å². The first kappa shape index (κ1) is 79.4. The van der Waals surface area contributed by atoms with Gasteiger partial charge in [-0.3, -0.25) is 24.5 Å². The Hall–Kier alpha value is -3.68. The Bertz CT molecular complexity index is 2880. The van der Waals surface area contributed by atoms with Crippen LogP contribution < -0.4 is 22.3 Å². The molecule has 4 aliphatic rings. The molecule has 3 saturated carbocycles. The van der Waals surface area contributed by atoms with Crippen LogP contribution in [0.5, 0.6) is 0 Å². The first-order valence-electron chi connectivity index (χ1n) is 24.4. The molecule has 23 heteroatoms. The summed E-state index contributed by atoms with van der Waals surface area (Å²) in [5.41, 5.74) is 5.15. The van der Waals surface area contributed by atoms with Crippen molar-refractivity contribution in [3.05, 3.63) is 106 Å². The van der Waals surface area contributed by atoms with Crippen molar-refractivity contribution in [2.24, 2.45) is 41.0 Å². The van der Waals surface area contributed by atoms with E-state index in [1.165, 1.54) is 29.9 Å². The molecule has 1 unspecified atom stereocenters. The van der Waals surface area contributed by atoms with Gasteiger partial charge in [-0.1, -0.05) is 148 Å². The second-order valence-electron chi connectivity index (χ2n) is 22.9. The number of ether oxygens (including phenoxy) is 2. The molecule has 458 valence electrons. The van der Waals surface area contributed by atoms with E-state index in [-0.39, 0.29) is 81.5 Å². The van der Waals surface area contributed by atoms with Gasteiger partial charge in [0.15, 0.2) is 5.78 Å². The van der Waals surface area contributed by atoms with E-state index < -0.39 is 41.7 Å². The van der Waals surface area contributed by atoms with E-state index >= 15 is 0 Å². The van der Waals surface area contributed by atoms with E-state index in [9.17, 15) is 24.0 Å². The number of nitrogens with two attached hydrogens (primary N) is 1. The summed E-state index contributed by atoms with van der Waals surface area (Å²) in [6.07, 6.45) is 3.05. The van der Waals surface area contributed by atoms with E-state index in [2.05, 4.69) is 40.0 Å². The predicted molar refractivity (Wildman–Crippen MR) is 340 cm³/mol. The number of amides is 2. The minimum atomic E-state index is -1.57. The number of benzene rings is 3. The molecule has 4 aromatic rings. The number of fused-ring (bicyclic) bond motifs is 7. The maximum Gasteiger partial charge on any atom is 0.490 e. The van der Waals surface area contributed by atoms with Gasteiger partial charge in [-0.2, -0.15) is 0 Å². The number of ketones is 1. The van der Waals surface area contributed by atoms with Gasteiger partial charge in [-0.05, 0) is 156 Å². The lowest BCUT2D eigenvalue weighted by molar-refractivity contribution is -0.135. The summed E-state index contributed by atoms with van der Waals surface area (Å²) in [5.74, 6) is 5.11. The number of aromatic nitrogens is 2. The molecule has 0 radical (unpaired) electrons. The van der Waals surface area contributed by atoms with E-state index in [1.54, 1.807) is 95.7 Å². The Morgan fingerprint density at radius 3 is 1.56 bits per heavy atom. The van der Waals surface area contributed by atoms with Crippen LogP contribution >= 0.6 is 81.2 Å². The van der Waals surface area contributed by atoms with E-state index in [0.717, 1.165) is 36.3 Å². The molecule has 3 fully saturated rings. The average Bonchev–Trinajstić information content (AvgIpc) is 3.89. The van der Waals surface area contributed by atoms with Crippen molar-refractivity contribution in [1.29, 1.82) is 0 Å². The number of nitrogens with zero attached hydrogens (tertiary/aromatic N) is 4. The van der Waals surface area contributed by atoms with E-state index in [4.69, 9.17) is 107 Å². The Morgan fingerprint density at radius 1 is 0.691 bits per heavy atom. The Morgan fingerprint density at radius 2 is 1.15 bits per heavy atom. The van der Waals surface area contributed by atoms with Crippen LogP contribution in [0.3, 0.4) is 0 Å². The minimum Gasteiger partial charge on any atom is -0.443 e. The van der Waals surface area contributed by atoms with Crippen LogP contribution in [0.4, 0.5) is 15.3 Å². The topological polar surface area (TPSA) is 199 Å². The highest BCUT2D eigenvalue weighted by Crippen LogP contribution is 2.67. The van der Waals surface area contributed by atoms with Gasteiger partial charge in [0.1, 0.15) is 11.2 Å². The number of carbonyl (C=O) groups is 4. The molecule has 3 aromatic carbocycles. The number of anilines is 1. The highest BCUT2D eigenvalue weighted by atomic mass is 35.5. The fourth-order valence-corrected chi connectivity index (χ4v) is 11.8. The molecule has 0 saturated heterocycles. The Labute approximate surface area is 518 Å². The van der Waals surface area contributed by atoms with Crippen molar-refractivity contribution in [2.75, 3.05) is 19.5 Å². The number of hydrazine groups is 2. The van der Waals surface area contributed by atoms with Crippen LogP contribution in [-0.4, -0.2) is 85.1 Å². The van der Waals surface area contributed by atoms with Crippen molar-refractivity contribution in [2.45, 2.75) is 168 Å². The Kier molecular flexibility index (Phi) is 29.3. The predicted octanol–water partition coefficient (Wildman–Crippen LogP) is 15.8. The summed E-state index contributed by atoms with van der Waals surface area (Å²) in [6.45, 7) is 23.8. The van der Waals surface area contributed by atoms with Gasteiger partial charge in [-0.15, -0.1) is 0 Å². The lowest BCUT2D eigenvalue weighted by Crippen LogP contribution is -2.38. The molecule has 1 heterocycles. The first-order chi connectivity index (χ1) is 34.6. The molecule has 5 atom stereocenters. The maximum atomic E-state index is 13.2. The number of rotatable bonds is 5. The zero-order chi connectivity index (χ0) is 58.2. The SMILES string of the molecule is C.C.C.C.C.CC1(C)[C@H]2CC[C@]1(C)C(=O)C2C(=O)Cl.CN(N)C(=O)OC(C)(C)C.CN(Nc1cc(Cl)ccc1Cl)C(=O)OC(C)(C)C.Cn1c2c(c(=O)n1-c1cc(Cl)ccc1Cl)[C@@H]1CC[C@@]2(C)C1(C)C.OB(O)c1cc(Cl)ccc1Cl. The molecule has 0 spiro atoms. The van der Waals surface area contributed by atoms with Crippen molar-refractivity contribution >= 4 is 123 Å². The second-order valence-corrected chi connectivity index (χ2v) is 25.8. The lowest BCUT2D eigenvalue weighted by atomic mass is 9.70. The van der Waals surface area contributed by atoms with Gasteiger partial charge in [0.25, 0.3) is 5.56 Å². The molecule has 15 nitrogen and oxygen atoms in total. The van der Waals surface area contributed by atoms with Crippen molar-refractivity contribution in [1.82, 2.24) is 19.4 Å².